The van der Waals surface area contributed by atoms with E-state index in [2.05, 4.69) is 159 Å². The van der Waals surface area contributed by atoms with Gasteiger partial charge in [-0.05, 0) is 58.9 Å². The monoisotopic (exact) mass is 749 g/mol. The molecule has 57 heavy (non-hydrogen) atoms. The first-order valence-electron chi connectivity index (χ1n) is 19.3. The van der Waals surface area contributed by atoms with Crippen LogP contribution in [-0.4, -0.2) is 15.0 Å². The minimum atomic E-state index is -0.368. The Morgan fingerprint density at radius 1 is 0.474 bits per heavy atom. The van der Waals surface area contributed by atoms with Crippen molar-refractivity contribution in [1.82, 2.24) is 15.0 Å². The third kappa shape index (κ3) is 5.70. The fourth-order valence-corrected chi connectivity index (χ4v) is 9.65. The van der Waals surface area contributed by atoms with E-state index in [4.69, 9.17) is 19.4 Å². The molecule has 0 spiro atoms. The Kier molecular flexibility index (Phi) is 7.83. The first kappa shape index (κ1) is 33.4. The van der Waals surface area contributed by atoms with Crippen molar-refractivity contribution in [2.45, 2.75) is 18.8 Å². The lowest BCUT2D eigenvalue weighted by atomic mass is 9.83. The zero-order valence-corrected chi connectivity index (χ0v) is 32.0. The molecule has 0 N–H and O–H groups in total. The predicted molar refractivity (Wildman–Crippen MR) is 237 cm³/mol. The molecule has 1 aliphatic carbocycles. The Morgan fingerprint density at radius 2 is 1.04 bits per heavy atom. The zero-order chi connectivity index (χ0) is 37.9. The van der Waals surface area contributed by atoms with Crippen molar-refractivity contribution in [3.8, 4) is 56.2 Å². The highest BCUT2D eigenvalue weighted by molar-refractivity contribution is 7.26. The maximum absolute atomic E-state index is 6.26. The molecule has 11 rings (SSSR count). The number of nitrogens with zero attached hydrogens (tertiary/aromatic N) is 3. The highest BCUT2D eigenvalue weighted by Crippen LogP contribution is 2.44. The number of aromatic nitrogens is 3. The van der Waals surface area contributed by atoms with Crippen molar-refractivity contribution in [2.75, 3.05) is 0 Å². The molecule has 5 heteroatoms. The van der Waals surface area contributed by atoms with E-state index >= 15 is 0 Å². The lowest BCUT2D eigenvalue weighted by molar-refractivity contribution is 0.554. The molecule has 0 amide bonds. The van der Waals surface area contributed by atoms with E-state index in [1.54, 1.807) is 0 Å². The molecule has 4 nitrogen and oxygen atoms in total. The third-order valence-corrected chi connectivity index (χ3v) is 12.6. The lowest BCUT2D eigenvalue weighted by Crippen LogP contribution is -2.24. The maximum atomic E-state index is 6.26. The second kappa shape index (κ2) is 13.4. The summed E-state index contributed by atoms with van der Waals surface area (Å²) in [5.41, 5.74) is 10.5. The number of furan rings is 1. The first-order chi connectivity index (χ1) is 28.1. The van der Waals surface area contributed by atoms with Crippen LogP contribution >= 0.6 is 11.3 Å². The summed E-state index contributed by atoms with van der Waals surface area (Å²) < 4.78 is 8.84. The average molecular weight is 750 g/mol. The molecule has 10 aromatic rings. The highest BCUT2D eigenvalue weighted by atomic mass is 32.1. The molecule has 0 saturated heterocycles. The SMILES string of the molecule is CC1(c2nc(-c3ccc(-c4cccc5c4sc4c(-c6ccc(-c7ccccc7)cc6)cccc45)cc3)nc(-c3cccc4oc5ccccc5c34)n2)C=CC=CC1. The molecule has 1 atom stereocenters. The van der Waals surface area contributed by atoms with E-state index in [0.717, 1.165) is 50.9 Å². The zero-order valence-electron chi connectivity index (χ0n) is 31.2. The van der Waals surface area contributed by atoms with Gasteiger partial charge >= 0.3 is 0 Å². The molecule has 3 aromatic heterocycles. The molecule has 1 aliphatic rings. The van der Waals surface area contributed by atoms with Gasteiger partial charge in [0.15, 0.2) is 11.6 Å². The Balaban J connectivity index is 0.999. The maximum Gasteiger partial charge on any atom is 0.164 e. The van der Waals surface area contributed by atoms with E-state index in [-0.39, 0.29) is 5.41 Å². The smallest absolute Gasteiger partial charge is 0.164 e. The van der Waals surface area contributed by atoms with Gasteiger partial charge in [0, 0.05) is 47.5 Å². The van der Waals surface area contributed by atoms with E-state index in [1.807, 2.05) is 41.7 Å². The topological polar surface area (TPSA) is 51.8 Å². The van der Waals surface area contributed by atoms with Crippen LogP contribution in [0.15, 0.2) is 186 Å². The van der Waals surface area contributed by atoms with E-state index in [0.29, 0.717) is 11.6 Å². The van der Waals surface area contributed by atoms with Crippen LogP contribution in [0, 0.1) is 0 Å². The van der Waals surface area contributed by atoms with Gasteiger partial charge in [-0.3, -0.25) is 0 Å². The van der Waals surface area contributed by atoms with Gasteiger partial charge in [0.1, 0.15) is 17.0 Å². The molecule has 1 unspecified atom stereocenters. The van der Waals surface area contributed by atoms with Crippen LogP contribution in [0.4, 0.5) is 0 Å². The van der Waals surface area contributed by atoms with Crippen LogP contribution in [0.2, 0.25) is 0 Å². The molecular formula is C52H35N3OS. The summed E-state index contributed by atoms with van der Waals surface area (Å²) >= 11 is 1.87. The molecule has 0 bridgehead atoms. The summed E-state index contributed by atoms with van der Waals surface area (Å²) in [7, 11) is 0. The predicted octanol–water partition coefficient (Wildman–Crippen LogP) is 14.2. The van der Waals surface area contributed by atoms with Crippen molar-refractivity contribution < 1.29 is 4.42 Å². The molecular weight excluding hydrogens is 715 g/mol. The summed E-state index contributed by atoms with van der Waals surface area (Å²) in [6.45, 7) is 2.20. The van der Waals surface area contributed by atoms with E-state index in [1.165, 1.54) is 48.0 Å². The molecule has 0 aliphatic heterocycles. The van der Waals surface area contributed by atoms with Crippen molar-refractivity contribution >= 4 is 53.4 Å². The number of fused-ring (bicyclic) bond motifs is 6. The van der Waals surface area contributed by atoms with Crippen molar-refractivity contribution in [3.63, 3.8) is 0 Å². The normalized spacial score (nSPS) is 15.3. The van der Waals surface area contributed by atoms with Crippen molar-refractivity contribution in [3.05, 3.63) is 188 Å². The molecule has 0 fully saturated rings. The fourth-order valence-electron chi connectivity index (χ4n) is 8.28. The summed E-state index contributed by atoms with van der Waals surface area (Å²) in [5.74, 6) is 2.04. The Labute approximate surface area is 334 Å². The van der Waals surface area contributed by atoms with Gasteiger partial charge in [0.05, 0.1) is 0 Å². The lowest BCUT2D eigenvalue weighted by Gasteiger charge is -2.25. The van der Waals surface area contributed by atoms with Crippen LogP contribution in [-0.2, 0) is 5.41 Å². The van der Waals surface area contributed by atoms with Crippen molar-refractivity contribution in [1.29, 1.82) is 0 Å². The second-order valence-corrected chi connectivity index (χ2v) is 16.0. The Hall–Kier alpha value is -6.95. The molecule has 270 valence electrons. The van der Waals surface area contributed by atoms with Crippen molar-refractivity contribution in [2.24, 2.45) is 0 Å². The Bertz CT molecular complexity index is 3210. The van der Waals surface area contributed by atoms with Gasteiger partial charge in [-0.15, -0.1) is 11.3 Å². The van der Waals surface area contributed by atoms with E-state index in [9.17, 15) is 0 Å². The quantitative estimate of drug-likeness (QED) is 0.170. The number of para-hydroxylation sites is 1. The minimum absolute atomic E-state index is 0.368. The fraction of sp³-hybridized carbons (Fsp3) is 0.0577. The van der Waals surface area contributed by atoms with E-state index < -0.39 is 0 Å². The van der Waals surface area contributed by atoms with Crippen LogP contribution in [0.25, 0.3) is 98.3 Å². The van der Waals surface area contributed by atoms with Crippen LogP contribution in [0.5, 0.6) is 0 Å². The molecule has 0 radical (unpaired) electrons. The third-order valence-electron chi connectivity index (χ3n) is 11.3. The van der Waals surface area contributed by atoms with Crippen LogP contribution in [0.3, 0.4) is 0 Å². The first-order valence-corrected chi connectivity index (χ1v) is 20.1. The summed E-state index contributed by atoms with van der Waals surface area (Å²) in [6.07, 6.45) is 9.36. The van der Waals surface area contributed by atoms with Gasteiger partial charge in [0.2, 0.25) is 0 Å². The van der Waals surface area contributed by atoms with Gasteiger partial charge in [-0.1, -0.05) is 170 Å². The Morgan fingerprint density at radius 3 is 1.74 bits per heavy atom. The standard InChI is InChI=1S/C52H35N3OS/c1-52(31-8-3-9-32-52)51-54-49(53-50(55-51)43-20-12-22-45-46(43)42-15-6-7-21-44(42)56-45)37-29-27-36(28-30-37)39-17-11-19-41-40-18-10-16-38(47(40)57-48(39)41)35-25-23-34(24-26-35)33-13-4-2-5-14-33/h2-31H,32H2,1H3. The summed E-state index contributed by atoms with van der Waals surface area (Å²) in [4.78, 5) is 15.5. The molecule has 3 heterocycles. The van der Waals surface area contributed by atoms with Crippen LogP contribution in [0.1, 0.15) is 19.2 Å². The number of allylic oxidation sites excluding steroid dienone is 4. The average Bonchev–Trinajstić information content (AvgIpc) is 3.86. The molecule has 7 aromatic carbocycles. The number of hydrogen-bond acceptors (Lipinski definition) is 5. The summed E-state index contributed by atoms with van der Waals surface area (Å²) in [6, 6.07) is 55.8. The largest absolute Gasteiger partial charge is 0.456 e. The van der Waals surface area contributed by atoms with Gasteiger partial charge in [-0.2, -0.15) is 0 Å². The second-order valence-electron chi connectivity index (χ2n) is 15.0. The number of thiophene rings is 1. The molecule has 0 saturated carbocycles. The minimum Gasteiger partial charge on any atom is -0.456 e. The van der Waals surface area contributed by atoms with Gasteiger partial charge in [-0.25, -0.2) is 15.0 Å². The summed E-state index contributed by atoms with van der Waals surface area (Å²) in [5, 5.41) is 4.62. The van der Waals surface area contributed by atoms with Gasteiger partial charge in [0.25, 0.3) is 0 Å². The van der Waals surface area contributed by atoms with Crippen LogP contribution < -0.4 is 0 Å². The highest BCUT2D eigenvalue weighted by Gasteiger charge is 2.29. The number of hydrogen-bond donors (Lipinski definition) is 0. The number of benzene rings is 7. The number of rotatable bonds is 6. The van der Waals surface area contributed by atoms with Gasteiger partial charge < -0.3 is 4.42 Å².